The van der Waals surface area contributed by atoms with E-state index in [1.165, 1.54) is 18.2 Å². The number of rotatable bonds is 8. The number of amides is 3. The van der Waals surface area contributed by atoms with Crippen LogP contribution in [0.2, 0.25) is 0 Å². The Balaban J connectivity index is 1.55. The standard InChI is InChI=1S/C22H24FN3O3/c23-18-9-4-6-16(12-18)13-20(27)24-14-21(28)25-19(17-7-2-1-3-8-17)15-26-11-5-10-22(26)29/h1-4,6-9,12,19H,5,10-11,13-15H2,(H,24,27)(H,25,28). The molecule has 2 aromatic rings. The number of benzene rings is 2. The predicted octanol–water partition coefficient (Wildman–Crippen LogP) is 1.96. The van der Waals surface area contributed by atoms with Crippen LogP contribution in [0.5, 0.6) is 0 Å². The summed E-state index contributed by atoms with van der Waals surface area (Å²) in [6.07, 6.45) is 1.35. The van der Waals surface area contributed by atoms with Crippen LogP contribution < -0.4 is 10.6 Å². The van der Waals surface area contributed by atoms with Crippen LogP contribution in [-0.4, -0.2) is 42.3 Å². The van der Waals surface area contributed by atoms with Crippen molar-refractivity contribution in [2.24, 2.45) is 0 Å². The molecule has 2 N–H and O–H groups in total. The highest BCUT2D eigenvalue weighted by Crippen LogP contribution is 2.18. The Kier molecular flexibility index (Phi) is 6.94. The van der Waals surface area contributed by atoms with Gasteiger partial charge in [-0.1, -0.05) is 42.5 Å². The molecule has 1 aliphatic heterocycles. The number of likely N-dealkylation sites (tertiary alicyclic amines) is 1. The van der Waals surface area contributed by atoms with Crippen molar-refractivity contribution in [2.75, 3.05) is 19.6 Å². The van der Waals surface area contributed by atoms with E-state index in [1.807, 2.05) is 30.3 Å². The normalized spacial score (nSPS) is 14.5. The van der Waals surface area contributed by atoms with E-state index in [-0.39, 0.29) is 36.7 Å². The highest BCUT2D eigenvalue weighted by molar-refractivity contribution is 5.86. The number of nitrogens with one attached hydrogen (secondary N) is 2. The third-order valence-electron chi connectivity index (χ3n) is 4.81. The van der Waals surface area contributed by atoms with Gasteiger partial charge in [0.1, 0.15) is 5.82 Å². The zero-order chi connectivity index (χ0) is 20.6. The Morgan fingerprint density at radius 1 is 1.07 bits per heavy atom. The summed E-state index contributed by atoms with van der Waals surface area (Å²) in [5, 5.41) is 5.46. The minimum atomic E-state index is -0.407. The van der Waals surface area contributed by atoms with Crippen molar-refractivity contribution in [3.8, 4) is 0 Å². The smallest absolute Gasteiger partial charge is 0.239 e. The zero-order valence-electron chi connectivity index (χ0n) is 16.1. The summed E-state index contributed by atoms with van der Waals surface area (Å²) in [7, 11) is 0. The second kappa shape index (κ2) is 9.82. The summed E-state index contributed by atoms with van der Waals surface area (Å²) in [5.74, 6) is -1.03. The molecule has 0 bridgehead atoms. The summed E-state index contributed by atoms with van der Waals surface area (Å²) in [6, 6.07) is 14.9. The summed E-state index contributed by atoms with van der Waals surface area (Å²) in [5.41, 5.74) is 1.43. The number of halogens is 1. The molecule has 1 fully saturated rings. The fourth-order valence-corrected chi connectivity index (χ4v) is 3.36. The first kappa shape index (κ1) is 20.5. The van der Waals surface area contributed by atoms with Gasteiger partial charge in [-0.15, -0.1) is 0 Å². The van der Waals surface area contributed by atoms with Gasteiger partial charge in [-0.05, 0) is 29.7 Å². The number of carbonyl (C=O) groups excluding carboxylic acids is 3. The van der Waals surface area contributed by atoms with E-state index in [1.54, 1.807) is 11.0 Å². The molecule has 0 radical (unpaired) electrons. The number of carbonyl (C=O) groups is 3. The molecule has 152 valence electrons. The number of nitrogens with zero attached hydrogens (tertiary/aromatic N) is 1. The SMILES string of the molecule is O=C(Cc1cccc(F)c1)NCC(=O)NC(CN1CCCC1=O)c1ccccc1. The van der Waals surface area contributed by atoms with Crippen LogP contribution in [0.15, 0.2) is 54.6 Å². The third-order valence-corrected chi connectivity index (χ3v) is 4.81. The van der Waals surface area contributed by atoms with E-state index < -0.39 is 5.82 Å². The molecule has 6 nitrogen and oxygen atoms in total. The molecule has 7 heteroatoms. The predicted molar refractivity (Wildman–Crippen MR) is 106 cm³/mol. The van der Waals surface area contributed by atoms with Crippen LogP contribution in [0.3, 0.4) is 0 Å². The van der Waals surface area contributed by atoms with Crippen molar-refractivity contribution in [3.05, 3.63) is 71.5 Å². The zero-order valence-corrected chi connectivity index (χ0v) is 16.1. The summed E-state index contributed by atoms with van der Waals surface area (Å²) in [6.45, 7) is 0.889. The Labute approximate surface area is 169 Å². The lowest BCUT2D eigenvalue weighted by Crippen LogP contribution is -2.43. The maximum atomic E-state index is 13.2. The summed E-state index contributed by atoms with van der Waals surface area (Å²) < 4.78 is 13.2. The molecule has 1 unspecified atom stereocenters. The highest BCUT2D eigenvalue weighted by atomic mass is 19.1. The molecule has 1 heterocycles. The molecule has 3 amide bonds. The Morgan fingerprint density at radius 2 is 1.86 bits per heavy atom. The van der Waals surface area contributed by atoms with Gasteiger partial charge in [0.15, 0.2) is 0 Å². The van der Waals surface area contributed by atoms with Gasteiger partial charge in [-0.25, -0.2) is 4.39 Å². The lowest BCUT2D eigenvalue weighted by atomic mass is 10.1. The van der Waals surface area contributed by atoms with E-state index in [0.29, 0.717) is 25.1 Å². The van der Waals surface area contributed by atoms with Gasteiger partial charge in [0, 0.05) is 19.5 Å². The van der Waals surface area contributed by atoms with Crippen molar-refractivity contribution in [1.29, 1.82) is 0 Å². The van der Waals surface area contributed by atoms with Crippen molar-refractivity contribution in [2.45, 2.75) is 25.3 Å². The van der Waals surface area contributed by atoms with Crippen LogP contribution in [0.1, 0.15) is 30.0 Å². The molecule has 29 heavy (non-hydrogen) atoms. The van der Waals surface area contributed by atoms with Crippen molar-refractivity contribution in [3.63, 3.8) is 0 Å². The topological polar surface area (TPSA) is 78.5 Å². The van der Waals surface area contributed by atoms with Gasteiger partial charge >= 0.3 is 0 Å². The Morgan fingerprint density at radius 3 is 2.55 bits per heavy atom. The van der Waals surface area contributed by atoms with E-state index in [0.717, 1.165) is 12.0 Å². The first-order chi connectivity index (χ1) is 14.0. The van der Waals surface area contributed by atoms with Gasteiger partial charge in [-0.2, -0.15) is 0 Å². The van der Waals surface area contributed by atoms with E-state index in [9.17, 15) is 18.8 Å². The quantitative estimate of drug-likeness (QED) is 0.715. The maximum absolute atomic E-state index is 13.2. The Bertz CT molecular complexity index is 873. The lowest BCUT2D eigenvalue weighted by Gasteiger charge is -2.25. The summed E-state index contributed by atoms with van der Waals surface area (Å²) in [4.78, 5) is 38.2. The van der Waals surface area contributed by atoms with Gasteiger partial charge in [-0.3, -0.25) is 14.4 Å². The molecule has 3 rings (SSSR count). The molecule has 0 aliphatic carbocycles. The molecule has 1 aliphatic rings. The van der Waals surface area contributed by atoms with Gasteiger partial charge in [0.05, 0.1) is 19.0 Å². The van der Waals surface area contributed by atoms with Crippen LogP contribution in [0.25, 0.3) is 0 Å². The average molecular weight is 397 g/mol. The first-order valence-electron chi connectivity index (χ1n) is 9.64. The maximum Gasteiger partial charge on any atom is 0.239 e. The second-order valence-corrected chi connectivity index (χ2v) is 7.06. The van der Waals surface area contributed by atoms with Crippen LogP contribution >= 0.6 is 0 Å². The molecular weight excluding hydrogens is 373 g/mol. The van der Waals surface area contributed by atoms with Gasteiger partial charge in [0.2, 0.25) is 17.7 Å². The first-order valence-corrected chi connectivity index (χ1v) is 9.64. The summed E-state index contributed by atoms with van der Waals surface area (Å²) >= 11 is 0. The molecule has 0 spiro atoms. The molecule has 0 aromatic heterocycles. The van der Waals surface area contributed by atoms with Crippen molar-refractivity contribution < 1.29 is 18.8 Å². The highest BCUT2D eigenvalue weighted by Gasteiger charge is 2.25. The van der Waals surface area contributed by atoms with E-state index in [2.05, 4.69) is 10.6 Å². The Hall–Kier alpha value is -3.22. The largest absolute Gasteiger partial charge is 0.347 e. The third kappa shape index (κ3) is 6.14. The monoisotopic (exact) mass is 397 g/mol. The number of hydrogen-bond acceptors (Lipinski definition) is 3. The lowest BCUT2D eigenvalue weighted by molar-refractivity contribution is -0.129. The van der Waals surface area contributed by atoms with E-state index >= 15 is 0 Å². The van der Waals surface area contributed by atoms with E-state index in [4.69, 9.17) is 0 Å². The minimum absolute atomic E-state index is 0.00453. The van der Waals surface area contributed by atoms with Crippen LogP contribution in [0, 0.1) is 5.82 Å². The molecule has 2 aromatic carbocycles. The van der Waals surface area contributed by atoms with Crippen LogP contribution in [0.4, 0.5) is 4.39 Å². The molecule has 1 saturated heterocycles. The van der Waals surface area contributed by atoms with Crippen molar-refractivity contribution in [1.82, 2.24) is 15.5 Å². The number of hydrogen-bond donors (Lipinski definition) is 2. The second-order valence-electron chi connectivity index (χ2n) is 7.06. The fourth-order valence-electron chi connectivity index (χ4n) is 3.36. The van der Waals surface area contributed by atoms with Gasteiger partial charge < -0.3 is 15.5 Å². The molecule has 0 saturated carbocycles. The van der Waals surface area contributed by atoms with Crippen LogP contribution in [-0.2, 0) is 20.8 Å². The van der Waals surface area contributed by atoms with Crippen molar-refractivity contribution >= 4 is 17.7 Å². The minimum Gasteiger partial charge on any atom is -0.347 e. The molecular formula is C22H24FN3O3. The molecule has 1 atom stereocenters. The van der Waals surface area contributed by atoms with Gasteiger partial charge in [0.25, 0.3) is 0 Å². The average Bonchev–Trinajstić information content (AvgIpc) is 3.11. The fraction of sp³-hybridized carbons (Fsp3) is 0.318.